The number of aliphatic hydroxyl groups is 1. The smallest absolute Gasteiger partial charge is 0.291 e. The molecule has 3 rings (SSSR count). The quantitative estimate of drug-likeness (QED) is 0.840. The van der Waals surface area contributed by atoms with Crippen LogP contribution in [0.3, 0.4) is 0 Å². The molecule has 1 saturated heterocycles. The first kappa shape index (κ1) is 19.5. The molecule has 1 aliphatic heterocycles. The predicted molar refractivity (Wildman–Crippen MR) is 98.8 cm³/mol. The van der Waals surface area contributed by atoms with Crippen LogP contribution in [0.15, 0.2) is 28.7 Å². The molecule has 0 aliphatic carbocycles. The highest BCUT2D eigenvalue weighted by atomic mass is 19.1. The van der Waals surface area contributed by atoms with Gasteiger partial charge in [0.25, 0.3) is 5.91 Å². The van der Waals surface area contributed by atoms with Crippen molar-refractivity contribution in [2.45, 2.75) is 39.3 Å². The summed E-state index contributed by atoms with van der Waals surface area (Å²) in [7, 11) is 0. The number of piperazine rings is 1. The van der Waals surface area contributed by atoms with Crippen molar-refractivity contribution in [2.24, 2.45) is 0 Å². The van der Waals surface area contributed by atoms with E-state index in [1.54, 1.807) is 24.0 Å². The number of aliphatic hydroxyl groups excluding tert-OH is 1. The molecule has 1 atom stereocenters. The first-order chi connectivity index (χ1) is 13.0. The van der Waals surface area contributed by atoms with Gasteiger partial charge in [0.1, 0.15) is 5.82 Å². The normalized spacial score (nSPS) is 18.1. The third-order valence-electron chi connectivity index (χ3n) is 4.99. The second kappa shape index (κ2) is 8.63. The van der Waals surface area contributed by atoms with Gasteiger partial charge in [-0.05, 0) is 31.0 Å². The van der Waals surface area contributed by atoms with Crippen molar-refractivity contribution >= 4 is 5.91 Å². The standard InChI is InChI=1S/C20H26FN3O3/c1-3-18-22-14(2)19(27-18)20(26)24-10-9-23(17(13-24)8-11-25)12-15-4-6-16(21)7-5-15/h4-7,17,25H,3,8-13H2,1-2H3. The third kappa shape index (κ3) is 4.54. The molecular weight excluding hydrogens is 349 g/mol. The van der Waals surface area contributed by atoms with Crippen LogP contribution < -0.4 is 0 Å². The summed E-state index contributed by atoms with van der Waals surface area (Å²) in [5, 5.41) is 9.45. The largest absolute Gasteiger partial charge is 0.435 e. The van der Waals surface area contributed by atoms with Gasteiger partial charge in [0.15, 0.2) is 5.89 Å². The van der Waals surface area contributed by atoms with Gasteiger partial charge in [0, 0.05) is 45.2 Å². The molecule has 1 amide bonds. The monoisotopic (exact) mass is 375 g/mol. The van der Waals surface area contributed by atoms with Crippen LogP contribution in [0, 0.1) is 12.7 Å². The predicted octanol–water partition coefficient (Wildman–Crippen LogP) is 2.39. The van der Waals surface area contributed by atoms with Gasteiger partial charge in [-0.1, -0.05) is 19.1 Å². The summed E-state index contributed by atoms with van der Waals surface area (Å²) in [6, 6.07) is 6.48. The lowest BCUT2D eigenvalue weighted by molar-refractivity contribution is 0.0370. The molecule has 7 heteroatoms. The van der Waals surface area contributed by atoms with E-state index in [-0.39, 0.29) is 24.4 Å². The second-order valence-electron chi connectivity index (χ2n) is 6.89. The summed E-state index contributed by atoms with van der Waals surface area (Å²) in [5.41, 5.74) is 1.63. The van der Waals surface area contributed by atoms with Gasteiger partial charge in [0.2, 0.25) is 5.76 Å². The van der Waals surface area contributed by atoms with Crippen molar-refractivity contribution in [1.29, 1.82) is 0 Å². The Morgan fingerprint density at radius 2 is 2.07 bits per heavy atom. The maximum atomic E-state index is 13.1. The zero-order valence-electron chi connectivity index (χ0n) is 15.8. The summed E-state index contributed by atoms with van der Waals surface area (Å²) in [5.74, 6) is 0.471. The van der Waals surface area contributed by atoms with E-state index in [1.165, 1.54) is 12.1 Å². The molecule has 1 fully saturated rings. The van der Waals surface area contributed by atoms with Gasteiger partial charge in [-0.15, -0.1) is 0 Å². The molecule has 1 unspecified atom stereocenters. The molecular formula is C20H26FN3O3. The number of carbonyl (C=O) groups excluding carboxylic acids is 1. The molecule has 0 spiro atoms. The van der Waals surface area contributed by atoms with Gasteiger partial charge in [0.05, 0.1) is 5.69 Å². The fraction of sp³-hybridized carbons (Fsp3) is 0.500. The Balaban J connectivity index is 1.70. The molecule has 146 valence electrons. The van der Waals surface area contributed by atoms with E-state index in [0.717, 1.165) is 5.56 Å². The average Bonchev–Trinajstić information content (AvgIpc) is 3.05. The van der Waals surface area contributed by atoms with Gasteiger partial charge in [-0.25, -0.2) is 9.37 Å². The second-order valence-corrected chi connectivity index (χ2v) is 6.89. The summed E-state index contributed by atoms with van der Waals surface area (Å²) in [6.07, 6.45) is 1.22. The maximum absolute atomic E-state index is 13.1. The minimum atomic E-state index is -0.255. The number of nitrogens with zero attached hydrogens (tertiary/aromatic N) is 3. The maximum Gasteiger partial charge on any atom is 0.291 e. The molecule has 0 saturated carbocycles. The molecule has 1 N–H and O–H groups in total. The van der Waals surface area contributed by atoms with Crippen molar-refractivity contribution in [3.63, 3.8) is 0 Å². The molecule has 1 aromatic heterocycles. The summed E-state index contributed by atoms with van der Waals surface area (Å²) in [4.78, 5) is 21.2. The van der Waals surface area contributed by atoms with Crippen molar-refractivity contribution in [1.82, 2.24) is 14.8 Å². The number of amides is 1. The van der Waals surface area contributed by atoms with E-state index < -0.39 is 0 Å². The van der Waals surface area contributed by atoms with Crippen molar-refractivity contribution < 1.29 is 18.7 Å². The van der Waals surface area contributed by atoms with E-state index in [2.05, 4.69) is 9.88 Å². The highest BCUT2D eigenvalue weighted by molar-refractivity contribution is 5.92. The molecule has 0 radical (unpaired) electrons. The fourth-order valence-corrected chi connectivity index (χ4v) is 3.48. The van der Waals surface area contributed by atoms with Crippen LogP contribution >= 0.6 is 0 Å². The van der Waals surface area contributed by atoms with Crippen LogP contribution in [0.25, 0.3) is 0 Å². The first-order valence-electron chi connectivity index (χ1n) is 9.36. The van der Waals surface area contributed by atoms with Crippen LogP contribution in [-0.4, -0.2) is 58.1 Å². The lowest BCUT2D eigenvalue weighted by atomic mass is 10.1. The van der Waals surface area contributed by atoms with Crippen LogP contribution in [-0.2, 0) is 13.0 Å². The Morgan fingerprint density at radius 1 is 1.33 bits per heavy atom. The highest BCUT2D eigenvalue weighted by Crippen LogP contribution is 2.20. The van der Waals surface area contributed by atoms with E-state index in [4.69, 9.17) is 4.42 Å². The lowest BCUT2D eigenvalue weighted by Crippen LogP contribution is -2.54. The SMILES string of the molecule is CCc1nc(C)c(C(=O)N2CCN(Cc3ccc(F)cc3)C(CCO)C2)o1. The first-order valence-corrected chi connectivity index (χ1v) is 9.36. The number of aromatic nitrogens is 1. The molecule has 2 heterocycles. The van der Waals surface area contributed by atoms with E-state index in [1.807, 2.05) is 6.92 Å². The van der Waals surface area contributed by atoms with E-state index >= 15 is 0 Å². The van der Waals surface area contributed by atoms with Crippen molar-refractivity contribution in [3.05, 3.63) is 53.0 Å². The number of halogens is 1. The zero-order valence-corrected chi connectivity index (χ0v) is 15.8. The molecule has 27 heavy (non-hydrogen) atoms. The zero-order chi connectivity index (χ0) is 19.4. The number of carbonyl (C=O) groups is 1. The lowest BCUT2D eigenvalue weighted by Gasteiger charge is -2.41. The van der Waals surface area contributed by atoms with Gasteiger partial charge >= 0.3 is 0 Å². The number of benzene rings is 1. The third-order valence-corrected chi connectivity index (χ3v) is 4.99. The van der Waals surface area contributed by atoms with Crippen LogP contribution in [0.2, 0.25) is 0 Å². The number of hydrogen-bond donors (Lipinski definition) is 1. The Kier molecular flexibility index (Phi) is 6.23. The minimum Gasteiger partial charge on any atom is -0.435 e. The van der Waals surface area contributed by atoms with Gasteiger partial charge in [-0.2, -0.15) is 0 Å². The molecule has 0 bridgehead atoms. The van der Waals surface area contributed by atoms with Gasteiger partial charge < -0.3 is 14.4 Å². The van der Waals surface area contributed by atoms with Crippen molar-refractivity contribution in [3.8, 4) is 0 Å². The Bertz CT molecular complexity index is 775. The number of oxazole rings is 1. The molecule has 6 nitrogen and oxygen atoms in total. The summed E-state index contributed by atoms with van der Waals surface area (Å²) < 4.78 is 18.7. The minimum absolute atomic E-state index is 0.0339. The van der Waals surface area contributed by atoms with Crippen LogP contribution in [0.4, 0.5) is 4.39 Å². The summed E-state index contributed by atoms with van der Waals surface area (Å²) in [6.45, 7) is 6.20. The number of rotatable bonds is 6. The average molecular weight is 375 g/mol. The Hall–Kier alpha value is -2.25. The number of aryl methyl sites for hydroxylation is 2. The molecule has 1 aromatic carbocycles. The topological polar surface area (TPSA) is 69.8 Å². The number of hydrogen-bond acceptors (Lipinski definition) is 5. The molecule has 2 aromatic rings. The highest BCUT2D eigenvalue weighted by Gasteiger charge is 2.32. The van der Waals surface area contributed by atoms with Crippen LogP contribution in [0.1, 0.15) is 41.0 Å². The van der Waals surface area contributed by atoms with E-state index in [9.17, 15) is 14.3 Å². The van der Waals surface area contributed by atoms with Crippen molar-refractivity contribution in [2.75, 3.05) is 26.2 Å². The Morgan fingerprint density at radius 3 is 2.70 bits per heavy atom. The summed E-state index contributed by atoms with van der Waals surface area (Å²) >= 11 is 0. The van der Waals surface area contributed by atoms with E-state index in [0.29, 0.717) is 56.4 Å². The molecule has 1 aliphatic rings. The fourth-order valence-electron chi connectivity index (χ4n) is 3.48. The van der Waals surface area contributed by atoms with Gasteiger partial charge in [-0.3, -0.25) is 9.69 Å². The van der Waals surface area contributed by atoms with Crippen LogP contribution in [0.5, 0.6) is 0 Å². The Labute approximate surface area is 158 Å².